The summed E-state index contributed by atoms with van der Waals surface area (Å²) in [5.74, 6) is 0. The quantitative estimate of drug-likeness (QED) is 0.673. The molecule has 1 rings (SSSR count). The molecule has 0 atom stereocenters. The topological polar surface area (TPSA) is 53.6 Å². The maximum absolute atomic E-state index is 11.3. The Morgan fingerprint density at radius 2 is 1.94 bits per heavy atom. The minimum absolute atomic E-state index is 0.348. The minimum atomic E-state index is -0.426. The molecule has 0 aromatic rings. The van der Waals surface area contributed by atoms with Gasteiger partial charge in [-0.15, -0.1) is 0 Å². The number of amides is 1. The molecule has 1 aliphatic carbocycles. The third-order valence-corrected chi connectivity index (χ3v) is 2.78. The van der Waals surface area contributed by atoms with Gasteiger partial charge in [0.05, 0.1) is 0 Å². The molecular weight excluding hydrogens is 230 g/mol. The Kier molecular flexibility index (Phi) is 5.88. The van der Waals surface area contributed by atoms with E-state index in [1.54, 1.807) is 0 Å². The summed E-state index contributed by atoms with van der Waals surface area (Å²) >= 11 is 0. The lowest BCUT2D eigenvalue weighted by Gasteiger charge is -2.20. The van der Waals surface area contributed by atoms with E-state index in [9.17, 15) is 4.79 Å². The van der Waals surface area contributed by atoms with Gasteiger partial charge >= 0.3 is 6.09 Å². The van der Waals surface area contributed by atoms with Crippen LogP contribution in [0.25, 0.3) is 0 Å². The Balaban J connectivity index is 1.90. The van der Waals surface area contributed by atoms with Gasteiger partial charge in [-0.2, -0.15) is 0 Å². The predicted molar refractivity (Wildman–Crippen MR) is 72.8 cm³/mol. The number of likely N-dealkylation sites (N-methyl/N-ethyl adjacent to an activating group) is 1. The summed E-state index contributed by atoms with van der Waals surface area (Å²) in [5, 5.41) is 6.03. The molecule has 106 valence electrons. The fourth-order valence-electron chi connectivity index (χ4n) is 1.65. The van der Waals surface area contributed by atoms with Gasteiger partial charge in [-0.25, -0.2) is 4.79 Å². The Morgan fingerprint density at radius 3 is 2.50 bits per heavy atom. The Hall–Kier alpha value is -0.810. The molecule has 5 nitrogen and oxygen atoms in total. The Labute approximate surface area is 110 Å². The summed E-state index contributed by atoms with van der Waals surface area (Å²) in [5.41, 5.74) is -0.426. The summed E-state index contributed by atoms with van der Waals surface area (Å²) in [4.78, 5) is 13.7. The molecule has 18 heavy (non-hydrogen) atoms. The van der Waals surface area contributed by atoms with E-state index < -0.39 is 5.60 Å². The number of alkyl carbamates (subject to hydrolysis) is 1. The normalized spacial score (nSPS) is 15.8. The molecule has 0 aromatic carbocycles. The van der Waals surface area contributed by atoms with Crippen LogP contribution >= 0.6 is 0 Å². The highest BCUT2D eigenvalue weighted by molar-refractivity contribution is 5.67. The van der Waals surface area contributed by atoms with Crippen LogP contribution in [0, 0.1) is 0 Å². The van der Waals surface area contributed by atoms with Crippen molar-refractivity contribution in [2.75, 3.05) is 33.2 Å². The maximum Gasteiger partial charge on any atom is 0.407 e. The highest BCUT2D eigenvalue weighted by Crippen LogP contribution is 2.24. The van der Waals surface area contributed by atoms with Gasteiger partial charge in [-0.05, 0) is 40.7 Å². The Morgan fingerprint density at radius 1 is 1.28 bits per heavy atom. The van der Waals surface area contributed by atoms with Gasteiger partial charge in [-0.3, -0.25) is 0 Å². The summed E-state index contributed by atoms with van der Waals surface area (Å²) in [6.07, 6.45) is 2.34. The van der Waals surface area contributed by atoms with Crippen LogP contribution in [0.5, 0.6) is 0 Å². The van der Waals surface area contributed by atoms with Gasteiger partial charge in [0.15, 0.2) is 0 Å². The van der Waals surface area contributed by atoms with Crippen molar-refractivity contribution in [3.63, 3.8) is 0 Å². The molecule has 0 bridgehead atoms. The third-order valence-electron chi connectivity index (χ3n) is 2.78. The largest absolute Gasteiger partial charge is 0.444 e. The lowest BCUT2D eigenvalue weighted by molar-refractivity contribution is 0.0528. The van der Waals surface area contributed by atoms with Crippen molar-refractivity contribution in [2.24, 2.45) is 0 Å². The summed E-state index contributed by atoms with van der Waals surface area (Å²) in [7, 11) is 2.16. The van der Waals surface area contributed by atoms with Crippen molar-refractivity contribution in [1.29, 1.82) is 0 Å². The number of rotatable bonds is 7. The Bertz CT molecular complexity index is 259. The second kappa shape index (κ2) is 6.95. The second-order valence-electron chi connectivity index (χ2n) is 5.89. The molecule has 0 aromatic heterocycles. The first-order valence-electron chi connectivity index (χ1n) is 6.76. The zero-order valence-electron chi connectivity index (χ0n) is 12.1. The number of carbonyl (C=O) groups excluding carboxylic acids is 1. The molecule has 1 amide bonds. The highest BCUT2D eigenvalue weighted by atomic mass is 16.6. The van der Waals surface area contributed by atoms with Crippen molar-refractivity contribution >= 4 is 6.09 Å². The van der Waals surface area contributed by atoms with Crippen LogP contribution in [0.15, 0.2) is 0 Å². The molecule has 1 aliphatic rings. The smallest absolute Gasteiger partial charge is 0.407 e. The molecule has 5 heteroatoms. The lowest BCUT2D eigenvalue weighted by Crippen LogP contribution is -2.38. The number of carbonyl (C=O) groups is 1. The average molecular weight is 257 g/mol. The van der Waals surface area contributed by atoms with E-state index in [-0.39, 0.29) is 6.09 Å². The lowest BCUT2D eigenvalue weighted by atomic mass is 10.2. The van der Waals surface area contributed by atoms with E-state index in [0.29, 0.717) is 6.54 Å². The van der Waals surface area contributed by atoms with Gasteiger partial charge in [0.1, 0.15) is 5.60 Å². The maximum atomic E-state index is 11.3. The molecule has 1 saturated carbocycles. The van der Waals surface area contributed by atoms with E-state index in [0.717, 1.165) is 25.7 Å². The molecule has 0 heterocycles. The fourth-order valence-corrected chi connectivity index (χ4v) is 1.65. The van der Waals surface area contributed by atoms with Crippen molar-refractivity contribution in [3.8, 4) is 0 Å². The van der Waals surface area contributed by atoms with Crippen molar-refractivity contribution < 1.29 is 9.53 Å². The van der Waals surface area contributed by atoms with E-state index in [1.165, 1.54) is 12.8 Å². The standard InChI is InChI=1S/C13H27N3O2/c1-13(2,3)18-12(17)15-8-7-14-9-10-16(4)11-5-6-11/h11,14H,5-10H2,1-4H3,(H,15,17). The van der Waals surface area contributed by atoms with Crippen LogP contribution in [0.2, 0.25) is 0 Å². The third kappa shape index (κ3) is 7.50. The predicted octanol–water partition coefficient (Wildman–Crippen LogP) is 1.19. The first-order chi connectivity index (χ1) is 8.38. The number of hydrogen-bond donors (Lipinski definition) is 2. The average Bonchev–Trinajstić information content (AvgIpc) is 3.03. The molecule has 2 N–H and O–H groups in total. The molecular formula is C13H27N3O2. The number of ether oxygens (including phenoxy) is 1. The molecule has 0 saturated heterocycles. The summed E-state index contributed by atoms with van der Waals surface area (Å²) < 4.78 is 5.14. The number of hydrogen-bond acceptors (Lipinski definition) is 4. The van der Waals surface area contributed by atoms with Crippen molar-refractivity contribution in [1.82, 2.24) is 15.5 Å². The van der Waals surface area contributed by atoms with E-state index in [4.69, 9.17) is 4.74 Å². The van der Waals surface area contributed by atoms with Gasteiger partial charge in [0.2, 0.25) is 0 Å². The first-order valence-corrected chi connectivity index (χ1v) is 6.76. The first kappa shape index (κ1) is 15.2. The highest BCUT2D eigenvalue weighted by Gasteiger charge is 2.25. The molecule has 1 fully saturated rings. The number of nitrogens with one attached hydrogen (secondary N) is 2. The van der Waals surface area contributed by atoms with Crippen LogP contribution in [-0.2, 0) is 4.74 Å². The molecule has 0 spiro atoms. The molecule has 0 unspecified atom stereocenters. The summed E-state index contributed by atoms with van der Waals surface area (Å²) in [6, 6.07) is 0.812. The van der Waals surface area contributed by atoms with E-state index in [1.807, 2.05) is 20.8 Å². The van der Waals surface area contributed by atoms with Gasteiger partial charge in [0.25, 0.3) is 0 Å². The van der Waals surface area contributed by atoms with Crippen LogP contribution in [0.1, 0.15) is 33.6 Å². The monoisotopic (exact) mass is 257 g/mol. The van der Waals surface area contributed by atoms with E-state index >= 15 is 0 Å². The van der Waals surface area contributed by atoms with Crippen LogP contribution in [0.3, 0.4) is 0 Å². The zero-order chi connectivity index (χ0) is 13.6. The van der Waals surface area contributed by atoms with Gasteiger partial charge in [-0.1, -0.05) is 0 Å². The molecule has 0 aliphatic heterocycles. The molecule has 0 radical (unpaired) electrons. The number of nitrogens with zero attached hydrogens (tertiary/aromatic N) is 1. The van der Waals surface area contributed by atoms with Crippen molar-refractivity contribution in [2.45, 2.75) is 45.3 Å². The minimum Gasteiger partial charge on any atom is -0.444 e. The van der Waals surface area contributed by atoms with Crippen LogP contribution in [-0.4, -0.2) is 55.9 Å². The van der Waals surface area contributed by atoms with Crippen LogP contribution < -0.4 is 10.6 Å². The van der Waals surface area contributed by atoms with Crippen molar-refractivity contribution in [3.05, 3.63) is 0 Å². The SMILES string of the molecule is CN(CCNCCNC(=O)OC(C)(C)C)C1CC1. The fraction of sp³-hybridized carbons (Fsp3) is 0.923. The van der Waals surface area contributed by atoms with Gasteiger partial charge in [0, 0.05) is 32.2 Å². The zero-order valence-corrected chi connectivity index (χ0v) is 12.1. The van der Waals surface area contributed by atoms with Gasteiger partial charge < -0.3 is 20.3 Å². The van der Waals surface area contributed by atoms with Crippen LogP contribution in [0.4, 0.5) is 4.79 Å². The van der Waals surface area contributed by atoms with E-state index in [2.05, 4.69) is 22.6 Å². The summed E-state index contributed by atoms with van der Waals surface area (Å²) in [6.45, 7) is 8.98. The second-order valence-corrected chi connectivity index (χ2v) is 5.89.